The van der Waals surface area contributed by atoms with Crippen molar-refractivity contribution in [3.05, 3.63) is 150 Å². The monoisotopic (exact) mass is 581 g/mol. The molecule has 0 saturated heterocycles. The molecule has 7 rings (SSSR count). The number of benzene rings is 6. The molecule has 0 aliphatic heterocycles. The number of thiophene rings is 1. The Bertz CT molecular complexity index is 1920. The highest BCUT2D eigenvalue weighted by Gasteiger charge is 2.20. The lowest BCUT2D eigenvalue weighted by atomic mass is 9.99. The van der Waals surface area contributed by atoms with Gasteiger partial charge in [-0.1, -0.05) is 103 Å². The van der Waals surface area contributed by atoms with Gasteiger partial charge in [-0.3, -0.25) is 0 Å². The minimum absolute atomic E-state index is 1.05. The number of halogens is 1. The summed E-state index contributed by atoms with van der Waals surface area (Å²) in [5.74, 6) is 0. The normalized spacial score (nSPS) is 11.2. The van der Waals surface area contributed by atoms with Gasteiger partial charge in [-0.05, 0) is 80.6 Å². The Morgan fingerprint density at radius 1 is 0.462 bits per heavy atom. The van der Waals surface area contributed by atoms with E-state index in [2.05, 4.69) is 166 Å². The molecular formula is C36H24BrNS. The largest absolute Gasteiger partial charge is 0.309 e. The zero-order chi connectivity index (χ0) is 26.2. The third-order valence-electron chi connectivity index (χ3n) is 7.14. The van der Waals surface area contributed by atoms with Crippen LogP contribution in [0.2, 0.25) is 0 Å². The first-order valence-electron chi connectivity index (χ1n) is 13.0. The fourth-order valence-electron chi connectivity index (χ4n) is 5.29. The van der Waals surface area contributed by atoms with Gasteiger partial charge in [0.05, 0.1) is 11.4 Å². The highest BCUT2D eigenvalue weighted by atomic mass is 79.9. The van der Waals surface area contributed by atoms with Crippen LogP contribution in [0.1, 0.15) is 0 Å². The van der Waals surface area contributed by atoms with Gasteiger partial charge in [0.15, 0.2) is 0 Å². The van der Waals surface area contributed by atoms with Gasteiger partial charge in [0.1, 0.15) is 0 Å². The van der Waals surface area contributed by atoms with Crippen LogP contribution < -0.4 is 4.90 Å². The lowest BCUT2D eigenvalue weighted by Crippen LogP contribution is -2.11. The van der Waals surface area contributed by atoms with Crippen LogP contribution in [-0.4, -0.2) is 0 Å². The van der Waals surface area contributed by atoms with E-state index in [0.29, 0.717) is 0 Å². The SMILES string of the molecule is Brc1ccccc1N(c1cccc(-c2ccc(-c3ccccc3)cc2)c1)c1cccc2sc3ccccc3c12. The number of para-hydroxylation sites is 1. The van der Waals surface area contributed by atoms with E-state index < -0.39 is 0 Å². The average Bonchev–Trinajstić information content (AvgIpc) is 3.39. The van der Waals surface area contributed by atoms with Gasteiger partial charge in [-0.15, -0.1) is 11.3 Å². The molecule has 0 N–H and O–H groups in total. The van der Waals surface area contributed by atoms with Crippen molar-refractivity contribution >= 4 is 64.5 Å². The Labute approximate surface area is 240 Å². The first-order chi connectivity index (χ1) is 19.3. The van der Waals surface area contributed by atoms with Gasteiger partial charge in [0.25, 0.3) is 0 Å². The average molecular weight is 583 g/mol. The molecule has 0 aliphatic rings. The molecule has 0 radical (unpaired) electrons. The summed E-state index contributed by atoms with van der Waals surface area (Å²) in [5, 5.41) is 2.57. The van der Waals surface area contributed by atoms with Gasteiger partial charge >= 0.3 is 0 Å². The first-order valence-corrected chi connectivity index (χ1v) is 14.6. The molecule has 186 valence electrons. The van der Waals surface area contributed by atoms with E-state index in [0.717, 1.165) is 15.8 Å². The first kappa shape index (κ1) is 23.9. The molecule has 6 aromatic carbocycles. The number of fused-ring (bicyclic) bond motifs is 3. The highest BCUT2D eigenvalue weighted by Crippen LogP contribution is 2.46. The quantitative estimate of drug-likeness (QED) is 0.195. The fraction of sp³-hybridized carbons (Fsp3) is 0. The topological polar surface area (TPSA) is 3.24 Å². The third kappa shape index (κ3) is 4.44. The van der Waals surface area contributed by atoms with Crippen molar-refractivity contribution in [2.45, 2.75) is 0 Å². The zero-order valence-electron chi connectivity index (χ0n) is 21.1. The Morgan fingerprint density at radius 2 is 1.05 bits per heavy atom. The molecule has 0 unspecified atom stereocenters. The van der Waals surface area contributed by atoms with Crippen LogP contribution in [0, 0.1) is 0 Å². The molecule has 39 heavy (non-hydrogen) atoms. The van der Waals surface area contributed by atoms with Crippen LogP contribution in [-0.2, 0) is 0 Å². The number of nitrogens with zero attached hydrogens (tertiary/aromatic N) is 1. The summed E-state index contributed by atoms with van der Waals surface area (Å²) in [6.45, 7) is 0. The van der Waals surface area contributed by atoms with E-state index in [1.807, 2.05) is 11.3 Å². The van der Waals surface area contributed by atoms with Gasteiger partial charge < -0.3 is 4.90 Å². The van der Waals surface area contributed by atoms with Crippen molar-refractivity contribution in [1.29, 1.82) is 0 Å². The second-order valence-electron chi connectivity index (χ2n) is 9.53. The minimum Gasteiger partial charge on any atom is -0.309 e. The zero-order valence-corrected chi connectivity index (χ0v) is 23.5. The third-order valence-corrected chi connectivity index (χ3v) is 8.95. The molecule has 0 amide bonds. The van der Waals surface area contributed by atoms with E-state index in [9.17, 15) is 0 Å². The second kappa shape index (κ2) is 10.2. The van der Waals surface area contributed by atoms with Crippen molar-refractivity contribution in [2.75, 3.05) is 4.90 Å². The van der Waals surface area contributed by atoms with Gasteiger partial charge in [-0.2, -0.15) is 0 Å². The van der Waals surface area contributed by atoms with Gasteiger partial charge in [0, 0.05) is 30.3 Å². The highest BCUT2D eigenvalue weighted by molar-refractivity contribution is 9.10. The summed E-state index contributed by atoms with van der Waals surface area (Å²) < 4.78 is 3.65. The van der Waals surface area contributed by atoms with Crippen LogP contribution in [0.3, 0.4) is 0 Å². The predicted octanol–water partition coefficient (Wildman–Crippen LogP) is 11.6. The summed E-state index contributed by atoms with van der Waals surface area (Å²) in [4.78, 5) is 2.38. The summed E-state index contributed by atoms with van der Waals surface area (Å²) in [6.07, 6.45) is 0. The molecule has 1 heterocycles. The maximum Gasteiger partial charge on any atom is 0.0603 e. The Balaban J connectivity index is 1.39. The molecule has 7 aromatic rings. The number of hydrogen-bond donors (Lipinski definition) is 0. The Morgan fingerprint density at radius 3 is 1.87 bits per heavy atom. The maximum atomic E-state index is 3.85. The summed E-state index contributed by atoms with van der Waals surface area (Å²) in [5.41, 5.74) is 8.24. The van der Waals surface area contributed by atoms with Crippen LogP contribution in [0.5, 0.6) is 0 Å². The van der Waals surface area contributed by atoms with Gasteiger partial charge in [-0.25, -0.2) is 0 Å². The van der Waals surface area contributed by atoms with Crippen molar-refractivity contribution in [3.8, 4) is 22.3 Å². The molecule has 0 spiro atoms. The molecular weight excluding hydrogens is 558 g/mol. The van der Waals surface area contributed by atoms with Crippen molar-refractivity contribution < 1.29 is 0 Å². The van der Waals surface area contributed by atoms with E-state index >= 15 is 0 Å². The van der Waals surface area contributed by atoms with Crippen LogP contribution in [0.4, 0.5) is 17.1 Å². The molecule has 3 heteroatoms. The summed E-state index contributed by atoms with van der Waals surface area (Å²) in [7, 11) is 0. The van der Waals surface area contributed by atoms with E-state index in [-0.39, 0.29) is 0 Å². The van der Waals surface area contributed by atoms with Crippen molar-refractivity contribution in [3.63, 3.8) is 0 Å². The van der Waals surface area contributed by atoms with Crippen molar-refractivity contribution in [1.82, 2.24) is 0 Å². The summed E-state index contributed by atoms with van der Waals surface area (Å²) in [6, 6.07) is 52.0. The molecule has 0 atom stereocenters. The number of hydrogen-bond acceptors (Lipinski definition) is 2. The van der Waals surface area contributed by atoms with Crippen LogP contribution >= 0.6 is 27.3 Å². The van der Waals surface area contributed by atoms with E-state index in [1.54, 1.807) is 0 Å². The molecule has 0 bridgehead atoms. The number of anilines is 3. The Hall–Kier alpha value is -4.18. The molecule has 1 aromatic heterocycles. The molecule has 0 aliphatic carbocycles. The van der Waals surface area contributed by atoms with E-state index in [4.69, 9.17) is 0 Å². The smallest absolute Gasteiger partial charge is 0.0603 e. The molecule has 0 saturated carbocycles. The lowest BCUT2D eigenvalue weighted by Gasteiger charge is -2.28. The van der Waals surface area contributed by atoms with E-state index in [1.165, 1.54) is 48.1 Å². The standard InChI is InChI=1S/C36H24BrNS/c37-31-15-5-6-16-32(31)38(33-17-9-19-35-36(33)30-14-4-7-18-34(30)39-35)29-13-8-12-28(24-29)27-22-20-26(21-23-27)25-10-2-1-3-11-25/h1-24H. The van der Waals surface area contributed by atoms with Crippen LogP contribution in [0.25, 0.3) is 42.4 Å². The van der Waals surface area contributed by atoms with Crippen LogP contribution in [0.15, 0.2) is 150 Å². The Kier molecular flexibility index (Phi) is 6.24. The molecule has 0 fully saturated rings. The second-order valence-corrected chi connectivity index (χ2v) is 11.5. The lowest BCUT2D eigenvalue weighted by molar-refractivity contribution is 1.29. The predicted molar refractivity (Wildman–Crippen MR) is 173 cm³/mol. The summed E-state index contributed by atoms with van der Waals surface area (Å²) >= 11 is 5.70. The molecule has 1 nitrogen and oxygen atoms in total. The number of rotatable bonds is 5. The fourth-order valence-corrected chi connectivity index (χ4v) is 6.88. The van der Waals surface area contributed by atoms with Gasteiger partial charge in [0.2, 0.25) is 0 Å². The maximum absolute atomic E-state index is 3.85. The van der Waals surface area contributed by atoms with Crippen molar-refractivity contribution in [2.24, 2.45) is 0 Å². The minimum atomic E-state index is 1.05.